The van der Waals surface area contributed by atoms with E-state index in [4.69, 9.17) is 9.52 Å². The maximum Gasteiger partial charge on any atom is 0.308 e. The lowest BCUT2D eigenvalue weighted by atomic mass is 9.98. The molecule has 1 aromatic heterocycles. The normalized spacial score (nSPS) is 17.3. The van der Waals surface area contributed by atoms with Crippen molar-refractivity contribution in [3.63, 3.8) is 0 Å². The molecule has 0 bridgehead atoms. The van der Waals surface area contributed by atoms with E-state index >= 15 is 0 Å². The SMILES string of the molecule is Cc1ccc2oc(C(=O)N(C)CC(=O)N3CCCC(C(=O)O)C3)cc2c1. The van der Waals surface area contributed by atoms with Gasteiger partial charge in [-0.1, -0.05) is 11.6 Å². The number of nitrogens with zero attached hydrogens (tertiary/aromatic N) is 2. The first-order chi connectivity index (χ1) is 12.3. The zero-order valence-corrected chi connectivity index (χ0v) is 14.9. The number of piperidine rings is 1. The number of aryl methyl sites for hydroxylation is 1. The second kappa shape index (κ2) is 7.19. The smallest absolute Gasteiger partial charge is 0.308 e. The van der Waals surface area contributed by atoms with Crippen LogP contribution in [0.1, 0.15) is 29.0 Å². The lowest BCUT2D eigenvalue weighted by Gasteiger charge is -2.31. The molecule has 7 heteroatoms. The average Bonchev–Trinajstić information content (AvgIpc) is 3.04. The van der Waals surface area contributed by atoms with Crippen molar-refractivity contribution in [1.29, 1.82) is 0 Å². The zero-order chi connectivity index (χ0) is 18.8. The molecule has 0 saturated carbocycles. The van der Waals surface area contributed by atoms with Gasteiger partial charge < -0.3 is 19.3 Å². The van der Waals surface area contributed by atoms with E-state index in [1.54, 1.807) is 6.07 Å². The van der Waals surface area contributed by atoms with Crippen LogP contribution in [0, 0.1) is 12.8 Å². The maximum atomic E-state index is 12.6. The highest BCUT2D eigenvalue weighted by Gasteiger charge is 2.29. The van der Waals surface area contributed by atoms with Crippen molar-refractivity contribution in [3.8, 4) is 0 Å². The Bertz CT molecular complexity index is 857. The van der Waals surface area contributed by atoms with Crippen LogP contribution in [0.5, 0.6) is 0 Å². The molecule has 1 aromatic carbocycles. The van der Waals surface area contributed by atoms with Crippen LogP contribution in [0.4, 0.5) is 0 Å². The van der Waals surface area contributed by atoms with Gasteiger partial charge in [-0.3, -0.25) is 14.4 Å². The van der Waals surface area contributed by atoms with Gasteiger partial charge in [0.2, 0.25) is 5.91 Å². The molecule has 2 amide bonds. The standard InChI is InChI=1S/C19H22N2O5/c1-12-5-6-15-14(8-12)9-16(26-15)18(23)20(2)11-17(22)21-7-3-4-13(10-21)19(24)25/h5-6,8-9,13H,3-4,7,10-11H2,1-2H3,(H,24,25). The Labute approximate surface area is 151 Å². The second-order valence-electron chi connectivity index (χ2n) is 6.83. The molecule has 2 aromatic rings. The van der Waals surface area contributed by atoms with E-state index in [2.05, 4.69) is 0 Å². The number of benzene rings is 1. The largest absolute Gasteiger partial charge is 0.481 e. The predicted octanol–water partition coefficient (Wildman–Crippen LogP) is 2.14. The molecule has 1 N–H and O–H groups in total. The predicted molar refractivity (Wildman–Crippen MR) is 94.9 cm³/mol. The summed E-state index contributed by atoms with van der Waals surface area (Å²) in [6.07, 6.45) is 1.23. The molecular formula is C19H22N2O5. The highest BCUT2D eigenvalue weighted by molar-refractivity contribution is 5.97. The van der Waals surface area contributed by atoms with Crippen LogP contribution < -0.4 is 0 Å². The number of carbonyl (C=O) groups is 3. The molecule has 0 spiro atoms. The van der Waals surface area contributed by atoms with Crippen molar-refractivity contribution in [2.24, 2.45) is 5.92 Å². The molecule has 1 aliphatic rings. The van der Waals surface area contributed by atoms with Gasteiger partial charge in [0.15, 0.2) is 5.76 Å². The highest BCUT2D eigenvalue weighted by Crippen LogP contribution is 2.22. The summed E-state index contributed by atoms with van der Waals surface area (Å²) in [6, 6.07) is 7.32. The van der Waals surface area contributed by atoms with Crippen LogP contribution in [0.2, 0.25) is 0 Å². The minimum atomic E-state index is -0.885. The Balaban J connectivity index is 1.66. The number of rotatable bonds is 4. The van der Waals surface area contributed by atoms with E-state index in [1.807, 2.05) is 25.1 Å². The number of carboxylic acids is 1. The zero-order valence-electron chi connectivity index (χ0n) is 14.9. The van der Waals surface area contributed by atoms with Crippen LogP contribution in [0.15, 0.2) is 28.7 Å². The third-order valence-corrected chi connectivity index (χ3v) is 4.73. The first kappa shape index (κ1) is 18.0. The second-order valence-corrected chi connectivity index (χ2v) is 6.83. The summed E-state index contributed by atoms with van der Waals surface area (Å²) in [6.45, 7) is 2.57. The number of carbonyl (C=O) groups excluding carboxylic acids is 2. The number of aliphatic carboxylic acids is 1. The van der Waals surface area contributed by atoms with E-state index in [0.29, 0.717) is 25.0 Å². The van der Waals surface area contributed by atoms with Gasteiger partial charge >= 0.3 is 5.97 Å². The van der Waals surface area contributed by atoms with E-state index in [-0.39, 0.29) is 30.7 Å². The van der Waals surface area contributed by atoms with Gasteiger partial charge in [0.05, 0.1) is 12.5 Å². The van der Waals surface area contributed by atoms with Crippen LogP contribution in [0.25, 0.3) is 11.0 Å². The minimum absolute atomic E-state index is 0.110. The van der Waals surface area contributed by atoms with Crippen molar-refractivity contribution < 1.29 is 23.9 Å². The number of furan rings is 1. The molecule has 3 rings (SSSR count). The average molecular weight is 358 g/mol. The molecule has 1 saturated heterocycles. The number of hydrogen-bond acceptors (Lipinski definition) is 4. The molecule has 1 unspecified atom stereocenters. The summed E-state index contributed by atoms with van der Waals surface area (Å²) in [5, 5.41) is 9.97. The quantitative estimate of drug-likeness (QED) is 0.904. The van der Waals surface area contributed by atoms with Gasteiger partial charge in [0.25, 0.3) is 5.91 Å². The Morgan fingerprint density at radius 3 is 2.81 bits per heavy atom. The topological polar surface area (TPSA) is 91.1 Å². The first-order valence-corrected chi connectivity index (χ1v) is 8.61. The van der Waals surface area contributed by atoms with Gasteiger partial charge in [0, 0.05) is 25.5 Å². The van der Waals surface area contributed by atoms with Crippen LogP contribution >= 0.6 is 0 Å². The van der Waals surface area contributed by atoms with Crippen molar-refractivity contribution >= 4 is 28.8 Å². The number of hydrogen-bond donors (Lipinski definition) is 1. The molecule has 7 nitrogen and oxygen atoms in total. The number of amides is 2. The lowest BCUT2D eigenvalue weighted by molar-refractivity contribution is -0.145. The van der Waals surface area contributed by atoms with Gasteiger partial charge in [0.1, 0.15) is 5.58 Å². The Hall–Kier alpha value is -2.83. The lowest BCUT2D eigenvalue weighted by Crippen LogP contribution is -2.46. The number of fused-ring (bicyclic) bond motifs is 1. The summed E-state index contributed by atoms with van der Waals surface area (Å²) < 4.78 is 5.59. The van der Waals surface area contributed by atoms with Gasteiger partial charge in [-0.2, -0.15) is 0 Å². The van der Waals surface area contributed by atoms with Crippen molar-refractivity contribution in [1.82, 2.24) is 9.80 Å². The van der Waals surface area contributed by atoms with E-state index in [1.165, 1.54) is 16.8 Å². The fourth-order valence-corrected chi connectivity index (χ4v) is 3.24. The molecule has 138 valence electrons. The highest BCUT2D eigenvalue weighted by atomic mass is 16.4. The van der Waals surface area contributed by atoms with Crippen LogP contribution in [-0.4, -0.2) is 59.4 Å². The summed E-state index contributed by atoms with van der Waals surface area (Å²) in [7, 11) is 1.54. The molecule has 0 aliphatic carbocycles. The van der Waals surface area contributed by atoms with Crippen molar-refractivity contribution in [2.45, 2.75) is 19.8 Å². The van der Waals surface area contributed by atoms with Gasteiger partial charge in [-0.15, -0.1) is 0 Å². The third kappa shape index (κ3) is 3.71. The van der Waals surface area contributed by atoms with Crippen molar-refractivity contribution in [2.75, 3.05) is 26.7 Å². The number of likely N-dealkylation sites (N-methyl/N-ethyl adjacent to an activating group) is 1. The molecule has 1 atom stereocenters. The fourth-order valence-electron chi connectivity index (χ4n) is 3.24. The minimum Gasteiger partial charge on any atom is -0.481 e. The summed E-state index contributed by atoms with van der Waals surface area (Å²) in [5.74, 6) is -1.86. The van der Waals surface area contributed by atoms with E-state index < -0.39 is 11.9 Å². The molecular weight excluding hydrogens is 336 g/mol. The van der Waals surface area contributed by atoms with Crippen LogP contribution in [0.3, 0.4) is 0 Å². The molecule has 0 radical (unpaired) electrons. The van der Waals surface area contributed by atoms with E-state index in [9.17, 15) is 14.4 Å². The summed E-state index contributed by atoms with van der Waals surface area (Å²) >= 11 is 0. The Morgan fingerprint density at radius 1 is 1.31 bits per heavy atom. The molecule has 26 heavy (non-hydrogen) atoms. The Kier molecular flexibility index (Phi) is 4.97. The molecule has 1 fully saturated rings. The van der Waals surface area contributed by atoms with Crippen LogP contribution in [-0.2, 0) is 9.59 Å². The summed E-state index contributed by atoms with van der Waals surface area (Å²) in [4.78, 5) is 39.0. The Morgan fingerprint density at radius 2 is 2.08 bits per heavy atom. The number of carboxylic acid groups (broad SMARTS) is 1. The molecule has 2 heterocycles. The maximum absolute atomic E-state index is 12.6. The summed E-state index contributed by atoms with van der Waals surface area (Å²) in [5.41, 5.74) is 1.69. The van der Waals surface area contributed by atoms with E-state index in [0.717, 1.165) is 10.9 Å². The first-order valence-electron chi connectivity index (χ1n) is 8.61. The van der Waals surface area contributed by atoms with Gasteiger partial charge in [-0.05, 0) is 38.0 Å². The monoisotopic (exact) mass is 358 g/mol. The fraction of sp³-hybridized carbons (Fsp3) is 0.421. The number of likely N-dealkylation sites (tertiary alicyclic amines) is 1. The van der Waals surface area contributed by atoms with Gasteiger partial charge in [-0.25, -0.2) is 0 Å². The van der Waals surface area contributed by atoms with Crippen molar-refractivity contribution in [3.05, 3.63) is 35.6 Å². The third-order valence-electron chi connectivity index (χ3n) is 4.73. The molecule has 1 aliphatic heterocycles.